The van der Waals surface area contributed by atoms with Gasteiger partial charge in [-0.3, -0.25) is 23.5 Å². The fourth-order valence-corrected chi connectivity index (χ4v) is 4.13. The minimum atomic E-state index is -0.510. The number of benzene rings is 1. The van der Waals surface area contributed by atoms with Gasteiger partial charge >= 0.3 is 5.69 Å². The molecule has 1 aliphatic carbocycles. The summed E-state index contributed by atoms with van der Waals surface area (Å²) in [5, 5.41) is 5.83. The van der Waals surface area contributed by atoms with Gasteiger partial charge in [-0.2, -0.15) is 0 Å². The average molecular weight is 438 g/mol. The van der Waals surface area contributed by atoms with Crippen molar-refractivity contribution in [2.45, 2.75) is 44.7 Å². The van der Waals surface area contributed by atoms with Gasteiger partial charge in [-0.1, -0.05) is 19.3 Å². The van der Waals surface area contributed by atoms with E-state index in [-0.39, 0.29) is 35.6 Å². The van der Waals surface area contributed by atoms with E-state index in [4.69, 9.17) is 0 Å². The number of carbonyl (C=O) groups is 2. The molecular weight excluding hydrogens is 412 g/mol. The van der Waals surface area contributed by atoms with Crippen molar-refractivity contribution in [3.63, 3.8) is 0 Å². The Labute approximate surface area is 183 Å². The van der Waals surface area contributed by atoms with Crippen molar-refractivity contribution in [3.8, 4) is 0 Å². The predicted molar refractivity (Wildman–Crippen MR) is 120 cm³/mol. The van der Waals surface area contributed by atoms with Crippen molar-refractivity contribution < 1.29 is 9.59 Å². The molecule has 2 amide bonds. The highest BCUT2D eigenvalue weighted by Gasteiger charge is 2.18. The third kappa shape index (κ3) is 4.20. The highest BCUT2D eigenvalue weighted by atomic mass is 16.2. The van der Waals surface area contributed by atoms with Crippen LogP contribution in [-0.4, -0.2) is 36.5 Å². The summed E-state index contributed by atoms with van der Waals surface area (Å²) in [6, 6.07) is 6.92. The Morgan fingerprint density at radius 2 is 1.72 bits per heavy atom. The predicted octanol–water partition coefficient (Wildman–Crippen LogP) is 1.13. The van der Waals surface area contributed by atoms with Crippen LogP contribution in [-0.2, 0) is 25.4 Å². The summed E-state index contributed by atoms with van der Waals surface area (Å²) in [5.41, 5.74) is 0.480. The van der Waals surface area contributed by atoms with Crippen LogP contribution in [0.15, 0.2) is 40.2 Å². The number of imidazole rings is 1. The summed E-state index contributed by atoms with van der Waals surface area (Å²) >= 11 is 0. The third-order valence-electron chi connectivity index (χ3n) is 5.89. The molecule has 2 N–H and O–H groups in total. The third-order valence-corrected chi connectivity index (χ3v) is 5.89. The van der Waals surface area contributed by atoms with Crippen molar-refractivity contribution in [2.75, 3.05) is 5.32 Å². The van der Waals surface area contributed by atoms with Crippen molar-refractivity contribution in [2.24, 2.45) is 14.1 Å². The van der Waals surface area contributed by atoms with Crippen LogP contribution in [0.25, 0.3) is 11.2 Å². The maximum Gasteiger partial charge on any atom is 0.332 e. The smallest absolute Gasteiger partial charge is 0.332 e. The van der Waals surface area contributed by atoms with Crippen LogP contribution >= 0.6 is 0 Å². The molecule has 1 aromatic carbocycles. The topological polar surface area (TPSA) is 120 Å². The van der Waals surface area contributed by atoms with Crippen LogP contribution in [0, 0.1) is 0 Å². The van der Waals surface area contributed by atoms with Gasteiger partial charge in [-0.05, 0) is 37.1 Å². The molecule has 2 aromatic heterocycles. The lowest BCUT2D eigenvalue weighted by Crippen LogP contribution is -2.37. The van der Waals surface area contributed by atoms with Crippen molar-refractivity contribution >= 4 is 28.7 Å². The van der Waals surface area contributed by atoms with Gasteiger partial charge in [0.25, 0.3) is 11.5 Å². The highest BCUT2D eigenvalue weighted by Crippen LogP contribution is 2.18. The molecule has 10 nitrogen and oxygen atoms in total. The number of nitrogens with one attached hydrogen (secondary N) is 2. The standard InChI is InChI=1S/C22H26N6O4/c1-26-20-18(21(31)27(2)22(26)32)23-13-28(20)12-17(29)24-16-10-8-14(9-11-16)19(30)25-15-6-4-3-5-7-15/h8-11,13,15H,3-7,12H2,1-2H3,(H,24,29)(H,25,30). The molecule has 0 spiro atoms. The van der Waals surface area contributed by atoms with Gasteiger partial charge in [0.15, 0.2) is 5.52 Å². The SMILES string of the molecule is Cn1c(=O)c2ncn(CC(=O)Nc3ccc(C(=O)NC4CCCCC4)cc3)c2n(C)c1=O. The number of anilines is 1. The molecule has 32 heavy (non-hydrogen) atoms. The van der Waals surface area contributed by atoms with Gasteiger partial charge < -0.3 is 15.2 Å². The second-order valence-electron chi connectivity index (χ2n) is 8.18. The van der Waals surface area contributed by atoms with Crippen molar-refractivity contribution in [1.82, 2.24) is 24.0 Å². The highest BCUT2D eigenvalue weighted by molar-refractivity contribution is 5.96. The Morgan fingerprint density at radius 3 is 2.41 bits per heavy atom. The van der Waals surface area contributed by atoms with Gasteiger partial charge in [-0.15, -0.1) is 0 Å². The molecule has 1 aliphatic rings. The minimum Gasteiger partial charge on any atom is -0.349 e. The van der Waals surface area contributed by atoms with Gasteiger partial charge in [0, 0.05) is 31.4 Å². The number of rotatable bonds is 5. The average Bonchev–Trinajstić information content (AvgIpc) is 3.21. The lowest BCUT2D eigenvalue weighted by Gasteiger charge is -2.22. The molecule has 168 valence electrons. The van der Waals surface area contributed by atoms with Gasteiger partial charge in [0.2, 0.25) is 5.91 Å². The van der Waals surface area contributed by atoms with E-state index in [1.807, 2.05) is 0 Å². The van der Waals surface area contributed by atoms with Crippen LogP contribution in [0.4, 0.5) is 5.69 Å². The molecule has 0 aliphatic heterocycles. The van der Waals surface area contributed by atoms with Gasteiger partial charge in [0.1, 0.15) is 12.2 Å². The van der Waals surface area contributed by atoms with Gasteiger partial charge in [0.05, 0.1) is 6.33 Å². The summed E-state index contributed by atoms with van der Waals surface area (Å²) < 4.78 is 3.72. The van der Waals surface area contributed by atoms with E-state index in [9.17, 15) is 19.2 Å². The van der Waals surface area contributed by atoms with Crippen LogP contribution in [0.5, 0.6) is 0 Å². The van der Waals surface area contributed by atoms with Crippen molar-refractivity contribution in [3.05, 3.63) is 57.0 Å². The molecule has 0 radical (unpaired) electrons. The molecule has 4 rings (SSSR count). The summed E-state index contributed by atoms with van der Waals surface area (Å²) in [6.45, 7) is -0.124. The number of amides is 2. The monoisotopic (exact) mass is 438 g/mol. The Hall–Kier alpha value is -3.69. The normalized spacial score (nSPS) is 14.4. The van der Waals surface area contributed by atoms with E-state index >= 15 is 0 Å². The number of hydrogen-bond acceptors (Lipinski definition) is 5. The lowest BCUT2D eigenvalue weighted by molar-refractivity contribution is -0.116. The summed E-state index contributed by atoms with van der Waals surface area (Å²) in [7, 11) is 2.91. The van der Waals surface area contributed by atoms with Gasteiger partial charge in [-0.25, -0.2) is 9.78 Å². The molecule has 1 fully saturated rings. The molecule has 3 aromatic rings. The second kappa shape index (κ2) is 8.81. The number of hydrogen-bond donors (Lipinski definition) is 2. The Bertz CT molecular complexity index is 1280. The molecule has 0 saturated heterocycles. The Balaban J connectivity index is 1.43. The minimum absolute atomic E-state index is 0.109. The maximum atomic E-state index is 12.5. The molecule has 0 atom stereocenters. The van der Waals surface area contributed by atoms with E-state index in [1.165, 1.54) is 36.0 Å². The fourth-order valence-electron chi connectivity index (χ4n) is 4.13. The fraction of sp³-hybridized carbons (Fsp3) is 0.409. The molecule has 0 bridgehead atoms. The van der Waals surface area contributed by atoms with E-state index in [2.05, 4.69) is 15.6 Å². The van der Waals surface area contributed by atoms with E-state index in [0.717, 1.165) is 30.3 Å². The first-order chi connectivity index (χ1) is 15.3. The molecule has 1 saturated carbocycles. The first kappa shape index (κ1) is 21.5. The molecule has 2 heterocycles. The van der Waals surface area contributed by atoms with Crippen LogP contribution in [0.3, 0.4) is 0 Å². The zero-order chi connectivity index (χ0) is 22.8. The first-order valence-corrected chi connectivity index (χ1v) is 10.7. The summed E-state index contributed by atoms with van der Waals surface area (Å²) in [5.74, 6) is -0.459. The summed E-state index contributed by atoms with van der Waals surface area (Å²) in [6.07, 6.45) is 6.91. The zero-order valence-corrected chi connectivity index (χ0v) is 18.1. The first-order valence-electron chi connectivity index (χ1n) is 10.7. The van der Waals surface area contributed by atoms with Crippen molar-refractivity contribution in [1.29, 1.82) is 0 Å². The maximum absolute atomic E-state index is 12.5. The number of aryl methyl sites for hydroxylation is 1. The van der Waals surface area contributed by atoms with E-state index < -0.39 is 11.2 Å². The molecule has 0 unspecified atom stereocenters. The largest absolute Gasteiger partial charge is 0.349 e. The Kier molecular flexibility index (Phi) is 5.93. The quantitative estimate of drug-likeness (QED) is 0.619. The number of fused-ring (bicyclic) bond motifs is 1. The van der Waals surface area contributed by atoms with Crippen LogP contribution in [0.2, 0.25) is 0 Å². The van der Waals surface area contributed by atoms with Crippen LogP contribution < -0.4 is 21.9 Å². The molecule has 10 heteroatoms. The lowest BCUT2D eigenvalue weighted by atomic mass is 9.95. The molecular formula is C22H26N6O4. The van der Waals surface area contributed by atoms with E-state index in [0.29, 0.717) is 11.3 Å². The second-order valence-corrected chi connectivity index (χ2v) is 8.18. The summed E-state index contributed by atoms with van der Waals surface area (Å²) in [4.78, 5) is 53.5. The van der Waals surface area contributed by atoms with E-state index in [1.54, 1.807) is 24.3 Å². The number of aromatic nitrogens is 4. The number of nitrogens with zero attached hydrogens (tertiary/aromatic N) is 4. The zero-order valence-electron chi connectivity index (χ0n) is 18.1. The van der Waals surface area contributed by atoms with Crippen LogP contribution in [0.1, 0.15) is 42.5 Å². The Morgan fingerprint density at radius 1 is 1.03 bits per heavy atom. The number of carbonyl (C=O) groups excluding carboxylic acids is 2.